The first-order valence-corrected chi connectivity index (χ1v) is 5.23. The zero-order valence-electron chi connectivity index (χ0n) is 9.53. The summed E-state index contributed by atoms with van der Waals surface area (Å²) in [6, 6.07) is 5.86. The number of ether oxygens (including phenoxy) is 1. The van der Waals surface area contributed by atoms with Crippen LogP contribution in [0, 0.1) is 5.92 Å². The summed E-state index contributed by atoms with van der Waals surface area (Å²) in [6.07, 6.45) is -2.08. The van der Waals surface area contributed by atoms with Gasteiger partial charge in [-0.1, -0.05) is 24.3 Å². The van der Waals surface area contributed by atoms with E-state index in [0.29, 0.717) is 6.42 Å². The van der Waals surface area contributed by atoms with E-state index in [4.69, 9.17) is 5.73 Å². The number of rotatable bonds is 5. The summed E-state index contributed by atoms with van der Waals surface area (Å²) in [6.45, 7) is 0.170. The number of hydrogen-bond acceptors (Lipinski definition) is 3. The highest BCUT2D eigenvalue weighted by Crippen LogP contribution is 2.19. The van der Waals surface area contributed by atoms with Crippen LogP contribution < -0.4 is 5.73 Å². The maximum Gasteiger partial charge on any atom is 0.310 e. The molecular weight excluding hydrogens is 228 g/mol. The van der Waals surface area contributed by atoms with E-state index in [0.717, 1.165) is 5.56 Å². The molecular formula is C12H15F2NO2. The van der Waals surface area contributed by atoms with Crippen molar-refractivity contribution in [3.05, 3.63) is 35.4 Å². The maximum atomic E-state index is 12.3. The summed E-state index contributed by atoms with van der Waals surface area (Å²) in [7, 11) is 1.30. The van der Waals surface area contributed by atoms with Gasteiger partial charge in [0.15, 0.2) is 0 Å². The molecule has 0 heterocycles. The Balaban J connectivity index is 2.70. The molecule has 0 saturated carbocycles. The SMILES string of the molecule is COC(=O)C(CN)Cc1ccc(C(F)F)cc1. The van der Waals surface area contributed by atoms with Crippen LogP contribution in [-0.4, -0.2) is 19.6 Å². The van der Waals surface area contributed by atoms with Crippen LogP contribution in [0.2, 0.25) is 0 Å². The largest absolute Gasteiger partial charge is 0.469 e. The smallest absolute Gasteiger partial charge is 0.310 e. The molecule has 0 saturated heterocycles. The minimum atomic E-state index is -2.48. The molecule has 0 radical (unpaired) electrons. The molecule has 0 bridgehead atoms. The Morgan fingerprint density at radius 1 is 1.35 bits per heavy atom. The zero-order valence-corrected chi connectivity index (χ0v) is 9.53. The molecule has 0 fully saturated rings. The van der Waals surface area contributed by atoms with Crippen molar-refractivity contribution in [3.8, 4) is 0 Å². The van der Waals surface area contributed by atoms with Crippen LogP contribution in [0.4, 0.5) is 8.78 Å². The summed E-state index contributed by atoms with van der Waals surface area (Å²) < 4.78 is 29.2. The third kappa shape index (κ3) is 3.78. The third-order valence-corrected chi connectivity index (χ3v) is 2.53. The molecule has 94 valence electrons. The van der Waals surface area contributed by atoms with Crippen LogP contribution in [0.5, 0.6) is 0 Å². The Kier molecular flexibility index (Phi) is 5.03. The topological polar surface area (TPSA) is 52.3 Å². The van der Waals surface area contributed by atoms with Crippen LogP contribution in [0.25, 0.3) is 0 Å². The van der Waals surface area contributed by atoms with Gasteiger partial charge in [-0.15, -0.1) is 0 Å². The Morgan fingerprint density at radius 3 is 2.35 bits per heavy atom. The van der Waals surface area contributed by atoms with E-state index in [9.17, 15) is 13.6 Å². The van der Waals surface area contributed by atoms with Gasteiger partial charge in [-0.3, -0.25) is 4.79 Å². The lowest BCUT2D eigenvalue weighted by molar-refractivity contribution is -0.145. The summed E-state index contributed by atoms with van der Waals surface area (Å²) in [4.78, 5) is 11.3. The number of methoxy groups -OCH3 is 1. The van der Waals surface area contributed by atoms with Crippen molar-refractivity contribution in [2.45, 2.75) is 12.8 Å². The Bertz CT molecular complexity index is 365. The monoisotopic (exact) mass is 243 g/mol. The highest BCUT2D eigenvalue weighted by Gasteiger charge is 2.18. The van der Waals surface area contributed by atoms with Gasteiger partial charge in [-0.25, -0.2) is 8.78 Å². The number of hydrogen-bond donors (Lipinski definition) is 1. The van der Waals surface area contributed by atoms with E-state index in [1.807, 2.05) is 0 Å². The number of esters is 1. The van der Waals surface area contributed by atoms with Gasteiger partial charge < -0.3 is 10.5 Å². The summed E-state index contributed by atoms with van der Waals surface area (Å²) >= 11 is 0. The van der Waals surface area contributed by atoms with Gasteiger partial charge in [0.05, 0.1) is 13.0 Å². The van der Waals surface area contributed by atoms with E-state index < -0.39 is 12.3 Å². The highest BCUT2D eigenvalue weighted by molar-refractivity contribution is 5.72. The first kappa shape index (κ1) is 13.6. The molecule has 2 N–H and O–H groups in total. The quantitative estimate of drug-likeness (QED) is 0.804. The van der Waals surface area contributed by atoms with Crippen molar-refractivity contribution in [3.63, 3.8) is 0 Å². The second kappa shape index (κ2) is 6.30. The lowest BCUT2D eigenvalue weighted by Crippen LogP contribution is -2.26. The van der Waals surface area contributed by atoms with Gasteiger partial charge >= 0.3 is 5.97 Å². The first-order chi connectivity index (χ1) is 8.08. The van der Waals surface area contributed by atoms with Crippen molar-refractivity contribution in [2.75, 3.05) is 13.7 Å². The molecule has 0 amide bonds. The molecule has 1 aromatic carbocycles. The second-order valence-electron chi connectivity index (χ2n) is 3.70. The molecule has 0 aliphatic carbocycles. The molecule has 0 aliphatic heterocycles. The van der Waals surface area contributed by atoms with Gasteiger partial charge in [-0.05, 0) is 12.0 Å². The standard InChI is InChI=1S/C12H15F2NO2/c1-17-12(16)10(7-15)6-8-2-4-9(5-3-8)11(13)14/h2-5,10-11H,6-7,15H2,1H3. The average Bonchev–Trinajstić information content (AvgIpc) is 2.35. The van der Waals surface area contributed by atoms with Gasteiger partial charge in [0.1, 0.15) is 0 Å². The molecule has 0 aliphatic rings. The van der Waals surface area contributed by atoms with Crippen LogP contribution in [0.3, 0.4) is 0 Å². The molecule has 3 nitrogen and oxygen atoms in total. The van der Waals surface area contributed by atoms with Crippen molar-refractivity contribution in [2.24, 2.45) is 11.7 Å². The number of nitrogens with two attached hydrogens (primary N) is 1. The van der Waals surface area contributed by atoms with Crippen LogP contribution >= 0.6 is 0 Å². The van der Waals surface area contributed by atoms with Gasteiger partial charge in [0, 0.05) is 12.1 Å². The fraction of sp³-hybridized carbons (Fsp3) is 0.417. The summed E-state index contributed by atoms with van der Waals surface area (Å²) in [5.41, 5.74) is 6.21. The minimum Gasteiger partial charge on any atom is -0.469 e. The van der Waals surface area contributed by atoms with Crippen molar-refractivity contribution in [1.82, 2.24) is 0 Å². The molecule has 0 aromatic heterocycles. The normalized spacial score (nSPS) is 12.5. The molecule has 0 spiro atoms. The predicted octanol–water partition coefficient (Wildman–Crippen LogP) is 1.91. The van der Waals surface area contributed by atoms with Crippen LogP contribution in [-0.2, 0) is 16.0 Å². The van der Waals surface area contributed by atoms with Crippen LogP contribution in [0.15, 0.2) is 24.3 Å². The van der Waals surface area contributed by atoms with Gasteiger partial charge in [0.25, 0.3) is 6.43 Å². The van der Waals surface area contributed by atoms with Crippen LogP contribution in [0.1, 0.15) is 17.6 Å². The number of carbonyl (C=O) groups excluding carboxylic acids is 1. The van der Waals surface area contributed by atoms with Gasteiger partial charge in [-0.2, -0.15) is 0 Å². The zero-order chi connectivity index (χ0) is 12.8. The van der Waals surface area contributed by atoms with E-state index >= 15 is 0 Å². The number of halogens is 2. The lowest BCUT2D eigenvalue weighted by Gasteiger charge is -2.12. The van der Waals surface area contributed by atoms with E-state index in [2.05, 4.69) is 4.74 Å². The Morgan fingerprint density at radius 2 is 1.94 bits per heavy atom. The molecule has 1 rings (SSSR count). The lowest BCUT2D eigenvalue weighted by atomic mass is 9.99. The van der Waals surface area contributed by atoms with E-state index in [1.54, 1.807) is 12.1 Å². The summed E-state index contributed by atoms with van der Waals surface area (Å²) in [5.74, 6) is -0.817. The molecule has 1 unspecified atom stereocenters. The fourth-order valence-electron chi connectivity index (χ4n) is 1.51. The molecule has 1 atom stereocenters. The van der Waals surface area contributed by atoms with E-state index in [1.165, 1.54) is 19.2 Å². The number of benzene rings is 1. The van der Waals surface area contributed by atoms with Crippen molar-refractivity contribution in [1.29, 1.82) is 0 Å². The highest BCUT2D eigenvalue weighted by atomic mass is 19.3. The van der Waals surface area contributed by atoms with Crippen molar-refractivity contribution < 1.29 is 18.3 Å². The third-order valence-electron chi connectivity index (χ3n) is 2.53. The fourth-order valence-corrected chi connectivity index (χ4v) is 1.51. The predicted molar refractivity (Wildman–Crippen MR) is 59.7 cm³/mol. The van der Waals surface area contributed by atoms with Crippen molar-refractivity contribution >= 4 is 5.97 Å². The minimum absolute atomic E-state index is 0.0314. The Hall–Kier alpha value is -1.49. The number of alkyl halides is 2. The second-order valence-corrected chi connectivity index (χ2v) is 3.70. The molecule has 5 heteroatoms. The Labute approximate surface area is 98.6 Å². The van der Waals surface area contributed by atoms with E-state index in [-0.39, 0.29) is 18.1 Å². The molecule has 17 heavy (non-hydrogen) atoms. The van der Waals surface area contributed by atoms with Gasteiger partial charge in [0.2, 0.25) is 0 Å². The maximum absolute atomic E-state index is 12.3. The summed E-state index contributed by atoms with van der Waals surface area (Å²) in [5, 5.41) is 0. The average molecular weight is 243 g/mol. The number of carbonyl (C=O) groups is 1. The first-order valence-electron chi connectivity index (χ1n) is 5.23. The molecule has 1 aromatic rings.